The number of sulfonamides is 1. The van der Waals surface area contributed by atoms with E-state index in [1.54, 1.807) is 18.2 Å². The number of amides is 1. The van der Waals surface area contributed by atoms with E-state index in [4.69, 9.17) is 5.14 Å². The lowest BCUT2D eigenvalue weighted by Crippen LogP contribution is -2.34. The number of nitrogens with zero attached hydrogens (tertiary/aromatic N) is 1. The van der Waals surface area contributed by atoms with Crippen molar-refractivity contribution in [1.29, 1.82) is 0 Å². The first-order valence-corrected chi connectivity index (χ1v) is 11.2. The van der Waals surface area contributed by atoms with Crippen LogP contribution >= 0.6 is 0 Å². The maximum Gasteiger partial charge on any atom is 0.238 e. The number of hydrogen-bond acceptors (Lipinski definition) is 4. The van der Waals surface area contributed by atoms with E-state index in [-0.39, 0.29) is 10.8 Å². The molecule has 0 unspecified atom stereocenters. The molecule has 1 heterocycles. The summed E-state index contributed by atoms with van der Waals surface area (Å²) in [5, 5.41) is 16.3. The third kappa shape index (κ3) is 4.08. The average Bonchev–Trinajstić information content (AvgIpc) is 3.17. The van der Waals surface area contributed by atoms with E-state index >= 15 is 0 Å². The lowest BCUT2D eigenvalue weighted by atomic mass is 9.83. The summed E-state index contributed by atoms with van der Waals surface area (Å²) in [5.41, 5.74) is 2.74. The molecule has 0 aliphatic rings. The molecule has 3 aromatic carbocycles. The summed E-state index contributed by atoms with van der Waals surface area (Å²) < 4.78 is 23.4. The van der Waals surface area contributed by atoms with Crippen LogP contribution in [0.1, 0.15) is 19.4 Å². The fourth-order valence-electron chi connectivity index (χ4n) is 3.41. The van der Waals surface area contributed by atoms with Gasteiger partial charge in [-0.15, -0.1) is 0 Å². The van der Waals surface area contributed by atoms with E-state index in [1.807, 2.05) is 56.3 Å². The normalized spacial score (nSPS) is 12.1. The van der Waals surface area contributed by atoms with Gasteiger partial charge in [0.15, 0.2) is 0 Å². The van der Waals surface area contributed by atoms with Crippen molar-refractivity contribution in [2.24, 2.45) is 5.14 Å². The van der Waals surface area contributed by atoms with Crippen LogP contribution in [-0.2, 0) is 20.2 Å². The van der Waals surface area contributed by atoms with Crippen LogP contribution in [0, 0.1) is 0 Å². The Labute approximate surface area is 180 Å². The zero-order chi connectivity index (χ0) is 22.2. The highest BCUT2D eigenvalue weighted by molar-refractivity contribution is 7.89. The maximum absolute atomic E-state index is 13.0. The molecule has 0 aliphatic carbocycles. The van der Waals surface area contributed by atoms with Gasteiger partial charge in [-0.05, 0) is 49.7 Å². The van der Waals surface area contributed by atoms with Gasteiger partial charge in [0.2, 0.25) is 15.9 Å². The van der Waals surface area contributed by atoms with Crippen molar-refractivity contribution in [3.05, 3.63) is 78.4 Å². The first kappa shape index (κ1) is 20.8. The van der Waals surface area contributed by atoms with Gasteiger partial charge in [-0.1, -0.05) is 42.5 Å². The maximum atomic E-state index is 13.0. The van der Waals surface area contributed by atoms with Crippen LogP contribution in [0.3, 0.4) is 0 Å². The minimum absolute atomic E-state index is 0.00946. The Kier molecular flexibility index (Phi) is 5.12. The number of anilines is 1. The van der Waals surface area contributed by atoms with Crippen LogP contribution < -0.4 is 10.5 Å². The molecule has 4 aromatic rings. The van der Waals surface area contributed by atoms with Crippen LogP contribution in [0.25, 0.3) is 22.2 Å². The summed E-state index contributed by atoms with van der Waals surface area (Å²) in [5.74, 6) is -0.140. The van der Waals surface area contributed by atoms with E-state index in [9.17, 15) is 13.2 Å². The second-order valence-electron chi connectivity index (χ2n) is 7.85. The SMILES string of the molecule is CC(C)(C(=O)Nc1ccc2[nH]nc(-c3cccc(S(N)(=O)=O)c3)c2c1)c1ccccc1. The minimum atomic E-state index is -3.83. The molecule has 1 amide bonds. The van der Waals surface area contributed by atoms with Gasteiger partial charge in [0.1, 0.15) is 5.69 Å². The van der Waals surface area contributed by atoms with Crippen LogP contribution in [0.5, 0.6) is 0 Å². The zero-order valence-corrected chi connectivity index (χ0v) is 17.9. The molecular weight excluding hydrogens is 412 g/mol. The van der Waals surface area contributed by atoms with Crippen LogP contribution in [0.4, 0.5) is 5.69 Å². The number of benzene rings is 3. The molecule has 0 fully saturated rings. The molecule has 4 N–H and O–H groups in total. The van der Waals surface area contributed by atoms with E-state index in [0.717, 1.165) is 16.5 Å². The molecule has 0 bridgehead atoms. The fraction of sp³-hybridized carbons (Fsp3) is 0.130. The highest BCUT2D eigenvalue weighted by Gasteiger charge is 2.29. The number of carbonyl (C=O) groups excluding carboxylic acids is 1. The number of aromatic nitrogens is 2. The van der Waals surface area contributed by atoms with Crippen molar-refractivity contribution >= 4 is 32.5 Å². The molecule has 0 aliphatic heterocycles. The number of primary sulfonamides is 1. The number of aromatic amines is 1. The number of carbonyl (C=O) groups is 1. The van der Waals surface area contributed by atoms with Gasteiger partial charge in [0.05, 0.1) is 15.8 Å². The molecule has 1 aromatic heterocycles. The fourth-order valence-corrected chi connectivity index (χ4v) is 3.96. The van der Waals surface area contributed by atoms with Gasteiger partial charge >= 0.3 is 0 Å². The second-order valence-corrected chi connectivity index (χ2v) is 9.41. The Balaban J connectivity index is 1.69. The van der Waals surface area contributed by atoms with Crippen molar-refractivity contribution in [3.8, 4) is 11.3 Å². The zero-order valence-electron chi connectivity index (χ0n) is 17.1. The number of nitrogens with two attached hydrogens (primary N) is 1. The molecule has 31 heavy (non-hydrogen) atoms. The molecule has 0 atom stereocenters. The Hall–Kier alpha value is -3.49. The van der Waals surface area contributed by atoms with Gasteiger partial charge in [-0.3, -0.25) is 9.89 Å². The third-order valence-electron chi connectivity index (χ3n) is 5.32. The lowest BCUT2D eigenvalue weighted by Gasteiger charge is -2.24. The van der Waals surface area contributed by atoms with Gasteiger partial charge < -0.3 is 5.32 Å². The number of nitrogens with one attached hydrogen (secondary N) is 2. The summed E-state index contributed by atoms with van der Waals surface area (Å²) in [6, 6.07) is 21.3. The monoisotopic (exact) mass is 434 g/mol. The molecule has 8 heteroatoms. The lowest BCUT2D eigenvalue weighted by molar-refractivity contribution is -0.120. The molecule has 0 saturated carbocycles. The molecule has 7 nitrogen and oxygen atoms in total. The Morgan fingerprint density at radius 1 is 1.00 bits per heavy atom. The Bertz CT molecular complexity index is 1380. The number of H-pyrrole nitrogens is 1. The highest BCUT2D eigenvalue weighted by atomic mass is 32.2. The predicted molar refractivity (Wildman–Crippen MR) is 121 cm³/mol. The Morgan fingerprint density at radius 2 is 1.74 bits per heavy atom. The third-order valence-corrected chi connectivity index (χ3v) is 6.23. The van der Waals surface area contributed by atoms with Crippen molar-refractivity contribution in [2.45, 2.75) is 24.2 Å². The summed E-state index contributed by atoms with van der Waals surface area (Å²) in [7, 11) is -3.83. The van der Waals surface area contributed by atoms with Gasteiger partial charge in [0.25, 0.3) is 0 Å². The molecule has 0 saturated heterocycles. The van der Waals surface area contributed by atoms with Crippen molar-refractivity contribution in [2.75, 3.05) is 5.32 Å². The summed E-state index contributed by atoms with van der Waals surface area (Å²) >= 11 is 0. The van der Waals surface area contributed by atoms with E-state index < -0.39 is 15.4 Å². The molecule has 0 spiro atoms. The highest BCUT2D eigenvalue weighted by Crippen LogP contribution is 2.31. The average molecular weight is 435 g/mol. The Morgan fingerprint density at radius 3 is 2.45 bits per heavy atom. The number of hydrogen-bond donors (Lipinski definition) is 3. The van der Waals surface area contributed by atoms with Gasteiger partial charge in [-0.2, -0.15) is 5.10 Å². The smallest absolute Gasteiger partial charge is 0.238 e. The molecular formula is C23H22N4O3S. The summed E-state index contributed by atoms with van der Waals surface area (Å²) in [6.07, 6.45) is 0. The predicted octanol–water partition coefficient (Wildman–Crippen LogP) is 3.79. The molecule has 158 valence electrons. The van der Waals surface area contributed by atoms with Crippen LogP contribution in [0.15, 0.2) is 77.7 Å². The largest absolute Gasteiger partial charge is 0.325 e. The minimum Gasteiger partial charge on any atom is -0.325 e. The quantitative estimate of drug-likeness (QED) is 0.443. The van der Waals surface area contributed by atoms with Crippen molar-refractivity contribution in [1.82, 2.24) is 10.2 Å². The van der Waals surface area contributed by atoms with E-state index in [1.165, 1.54) is 12.1 Å². The van der Waals surface area contributed by atoms with Crippen molar-refractivity contribution < 1.29 is 13.2 Å². The number of rotatable bonds is 5. The molecule has 0 radical (unpaired) electrons. The van der Waals surface area contributed by atoms with Gasteiger partial charge in [-0.25, -0.2) is 13.6 Å². The second kappa shape index (κ2) is 7.64. The first-order valence-electron chi connectivity index (χ1n) is 9.64. The molecule has 4 rings (SSSR count). The summed E-state index contributed by atoms with van der Waals surface area (Å²) in [4.78, 5) is 13.0. The van der Waals surface area contributed by atoms with Crippen molar-refractivity contribution in [3.63, 3.8) is 0 Å². The van der Waals surface area contributed by atoms with Gasteiger partial charge in [0, 0.05) is 16.6 Å². The first-order chi connectivity index (χ1) is 14.7. The van der Waals surface area contributed by atoms with E-state index in [2.05, 4.69) is 15.5 Å². The van der Waals surface area contributed by atoms with Crippen LogP contribution in [0.2, 0.25) is 0 Å². The van der Waals surface area contributed by atoms with E-state index in [0.29, 0.717) is 16.9 Å². The number of fused-ring (bicyclic) bond motifs is 1. The summed E-state index contributed by atoms with van der Waals surface area (Å²) in [6.45, 7) is 3.75. The van der Waals surface area contributed by atoms with Crippen LogP contribution in [-0.4, -0.2) is 24.5 Å². The standard InChI is InChI=1S/C23H22N4O3S/c1-23(2,16-8-4-3-5-9-16)22(28)25-17-11-12-20-19(14-17)21(27-26-20)15-7-6-10-18(13-15)31(24,29)30/h3-14H,1-2H3,(H,25,28)(H,26,27)(H2,24,29,30). The topological polar surface area (TPSA) is 118 Å².